The molecule has 17 heavy (non-hydrogen) atoms. The van der Waals surface area contributed by atoms with Crippen molar-refractivity contribution in [3.63, 3.8) is 0 Å². The molecule has 0 aliphatic carbocycles. The van der Waals surface area contributed by atoms with Gasteiger partial charge in [-0.15, -0.1) is 0 Å². The first-order valence-corrected chi connectivity index (χ1v) is 5.97. The third-order valence-electron chi connectivity index (χ3n) is 2.71. The first-order chi connectivity index (χ1) is 8.04. The summed E-state index contributed by atoms with van der Waals surface area (Å²) in [4.78, 5) is 9.02. The molecule has 0 saturated heterocycles. The molecule has 0 spiro atoms. The molecule has 2 aromatic rings. The molecule has 92 valence electrons. The summed E-state index contributed by atoms with van der Waals surface area (Å²) in [6, 6.07) is 3.88. The molecule has 2 aromatic heterocycles. The summed E-state index contributed by atoms with van der Waals surface area (Å²) in [5.74, 6) is 1.00. The number of pyridine rings is 1. The quantitative estimate of drug-likeness (QED) is 0.883. The first-order valence-electron chi connectivity index (χ1n) is 5.97. The molecule has 0 atom stereocenters. The maximum absolute atomic E-state index is 8.94. The van der Waals surface area contributed by atoms with Crippen LogP contribution in [-0.4, -0.2) is 26.2 Å². The van der Waals surface area contributed by atoms with Crippen molar-refractivity contribution in [3.05, 3.63) is 24.2 Å². The van der Waals surface area contributed by atoms with E-state index in [0.29, 0.717) is 0 Å². The summed E-state index contributed by atoms with van der Waals surface area (Å²) in [6.07, 6.45) is 3.31. The van der Waals surface area contributed by atoms with Crippen LogP contribution in [0.5, 0.6) is 0 Å². The van der Waals surface area contributed by atoms with Gasteiger partial charge in [-0.05, 0) is 39.3 Å². The molecule has 0 amide bonds. The molecule has 0 fully saturated rings. The molecule has 2 rings (SSSR count). The Bertz CT molecular complexity index is 511. The van der Waals surface area contributed by atoms with Crippen molar-refractivity contribution in [3.8, 4) is 0 Å². The van der Waals surface area contributed by atoms with E-state index in [9.17, 15) is 0 Å². The summed E-state index contributed by atoms with van der Waals surface area (Å²) in [5, 5.41) is 8.94. The van der Waals surface area contributed by atoms with E-state index in [-0.39, 0.29) is 12.1 Å². The van der Waals surface area contributed by atoms with Crippen LogP contribution in [0.3, 0.4) is 0 Å². The fourth-order valence-corrected chi connectivity index (χ4v) is 2.07. The Morgan fingerprint density at radius 1 is 1.35 bits per heavy atom. The van der Waals surface area contributed by atoms with Crippen LogP contribution in [0.1, 0.15) is 33.0 Å². The van der Waals surface area contributed by atoms with Crippen molar-refractivity contribution in [2.24, 2.45) is 0 Å². The van der Waals surface area contributed by atoms with Crippen molar-refractivity contribution >= 4 is 11.2 Å². The average molecular weight is 233 g/mol. The number of hydrogen-bond donors (Lipinski definition) is 1. The van der Waals surface area contributed by atoms with Crippen LogP contribution in [0.15, 0.2) is 18.3 Å². The second-order valence-electron chi connectivity index (χ2n) is 5.21. The molecule has 0 aliphatic rings. The van der Waals surface area contributed by atoms with Gasteiger partial charge in [0.2, 0.25) is 0 Å². The predicted molar refractivity (Wildman–Crippen MR) is 67.9 cm³/mol. The number of aryl methyl sites for hydroxylation is 1. The highest BCUT2D eigenvalue weighted by Gasteiger charge is 2.21. The number of aromatic nitrogens is 3. The van der Waals surface area contributed by atoms with Crippen LogP contribution < -0.4 is 0 Å². The molecular weight excluding hydrogens is 214 g/mol. The molecule has 0 aliphatic heterocycles. The number of aliphatic hydroxyl groups is 1. The van der Waals surface area contributed by atoms with Crippen molar-refractivity contribution in [1.29, 1.82) is 0 Å². The molecule has 4 nitrogen and oxygen atoms in total. The third kappa shape index (κ3) is 2.31. The Kier molecular flexibility index (Phi) is 3.15. The number of imidazole rings is 1. The Hall–Kier alpha value is -1.42. The summed E-state index contributed by atoms with van der Waals surface area (Å²) < 4.78 is 2.16. The largest absolute Gasteiger partial charge is 0.396 e. The topological polar surface area (TPSA) is 50.9 Å². The van der Waals surface area contributed by atoms with Gasteiger partial charge in [-0.25, -0.2) is 9.97 Å². The Morgan fingerprint density at radius 2 is 2.12 bits per heavy atom. The lowest BCUT2D eigenvalue weighted by molar-refractivity contribution is 0.284. The lowest BCUT2D eigenvalue weighted by Crippen LogP contribution is -2.24. The smallest absolute Gasteiger partial charge is 0.160 e. The van der Waals surface area contributed by atoms with E-state index in [1.165, 1.54) is 0 Å². The molecule has 0 saturated carbocycles. The standard InChI is InChI=1S/C13H19N3O/c1-13(2,3)16-11(7-5-9-17)15-10-6-4-8-14-12(10)16/h4,6,8,17H,5,7,9H2,1-3H3. The second kappa shape index (κ2) is 4.45. The van der Waals surface area contributed by atoms with Gasteiger partial charge in [0.15, 0.2) is 5.65 Å². The zero-order chi connectivity index (χ0) is 12.5. The summed E-state index contributed by atoms with van der Waals surface area (Å²) in [5.41, 5.74) is 1.80. The highest BCUT2D eigenvalue weighted by Crippen LogP contribution is 2.24. The average Bonchev–Trinajstić information content (AvgIpc) is 2.63. The van der Waals surface area contributed by atoms with Gasteiger partial charge in [0.05, 0.1) is 0 Å². The van der Waals surface area contributed by atoms with E-state index in [2.05, 4.69) is 35.3 Å². The van der Waals surface area contributed by atoms with Gasteiger partial charge in [0.1, 0.15) is 11.3 Å². The van der Waals surface area contributed by atoms with E-state index in [4.69, 9.17) is 5.11 Å². The van der Waals surface area contributed by atoms with E-state index < -0.39 is 0 Å². The van der Waals surface area contributed by atoms with E-state index in [1.54, 1.807) is 6.20 Å². The number of aliphatic hydroxyl groups excluding tert-OH is 1. The minimum Gasteiger partial charge on any atom is -0.396 e. The first kappa shape index (κ1) is 12.0. The van der Waals surface area contributed by atoms with Crippen LogP contribution in [-0.2, 0) is 12.0 Å². The Morgan fingerprint density at radius 3 is 2.76 bits per heavy atom. The van der Waals surface area contributed by atoms with Crippen LogP contribution >= 0.6 is 0 Å². The van der Waals surface area contributed by atoms with Gasteiger partial charge in [-0.1, -0.05) is 0 Å². The highest BCUT2D eigenvalue weighted by atomic mass is 16.2. The van der Waals surface area contributed by atoms with Crippen LogP contribution in [0.25, 0.3) is 11.2 Å². The van der Waals surface area contributed by atoms with E-state index >= 15 is 0 Å². The SMILES string of the molecule is CC(C)(C)n1c(CCCO)nc2cccnc21. The lowest BCUT2D eigenvalue weighted by atomic mass is 10.1. The van der Waals surface area contributed by atoms with Gasteiger partial charge in [-0.2, -0.15) is 0 Å². The predicted octanol–water partition coefficient (Wildman–Crippen LogP) is 2.11. The zero-order valence-corrected chi connectivity index (χ0v) is 10.6. The molecule has 0 unspecified atom stereocenters. The summed E-state index contributed by atoms with van der Waals surface area (Å²) in [6.45, 7) is 6.63. The number of nitrogens with zero attached hydrogens (tertiary/aromatic N) is 3. The molecule has 1 N–H and O–H groups in total. The Balaban J connectivity index is 2.57. The molecule has 0 aromatic carbocycles. The maximum Gasteiger partial charge on any atom is 0.160 e. The number of hydrogen-bond acceptors (Lipinski definition) is 3. The van der Waals surface area contributed by atoms with Crippen molar-refractivity contribution in [2.75, 3.05) is 6.61 Å². The van der Waals surface area contributed by atoms with E-state index in [1.807, 2.05) is 12.1 Å². The van der Waals surface area contributed by atoms with Crippen molar-refractivity contribution < 1.29 is 5.11 Å². The van der Waals surface area contributed by atoms with Gasteiger partial charge in [0, 0.05) is 24.8 Å². The number of rotatable bonds is 3. The fourth-order valence-electron chi connectivity index (χ4n) is 2.07. The second-order valence-corrected chi connectivity index (χ2v) is 5.21. The molecule has 4 heteroatoms. The normalized spacial score (nSPS) is 12.2. The van der Waals surface area contributed by atoms with Crippen LogP contribution in [0.2, 0.25) is 0 Å². The maximum atomic E-state index is 8.94. The van der Waals surface area contributed by atoms with Crippen LogP contribution in [0, 0.1) is 0 Å². The van der Waals surface area contributed by atoms with E-state index in [0.717, 1.165) is 29.8 Å². The number of fused-ring (bicyclic) bond motifs is 1. The Labute approximate surface area is 101 Å². The van der Waals surface area contributed by atoms with Gasteiger partial charge >= 0.3 is 0 Å². The summed E-state index contributed by atoms with van der Waals surface area (Å²) in [7, 11) is 0. The monoisotopic (exact) mass is 233 g/mol. The lowest BCUT2D eigenvalue weighted by Gasteiger charge is -2.23. The molecular formula is C13H19N3O. The van der Waals surface area contributed by atoms with Crippen molar-refractivity contribution in [1.82, 2.24) is 14.5 Å². The highest BCUT2D eigenvalue weighted by molar-refractivity contribution is 5.71. The zero-order valence-electron chi connectivity index (χ0n) is 10.6. The summed E-state index contributed by atoms with van der Waals surface area (Å²) >= 11 is 0. The molecule has 2 heterocycles. The van der Waals surface area contributed by atoms with Gasteiger partial charge in [0.25, 0.3) is 0 Å². The molecule has 0 radical (unpaired) electrons. The van der Waals surface area contributed by atoms with Gasteiger partial charge in [-0.3, -0.25) is 0 Å². The van der Waals surface area contributed by atoms with Crippen LogP contribution in [0.4, 0.5) is 0 Å². The molecule has 0 bridgehead atoms. The third-order valence-corrected chi connectivity index (χ3v) is 2.71. The minimum atomic E-state index is -0.0477. The van der Waals surface area contributed by atoms with Crippen molar-refractivity contribution in [2.45, 2.75) is 39.2 Å². The minimum absolute atomic E-state index is 0.0477. The van der Waals surface area contributed by atoms with Gasteiger partial charge < -0.3 is 9.67 Å². The fraction of sp³-hybridized carbons (Fsp3) is 0.538.